The van der Waals surface area contributed by atoms with Crippen molar-refractivity contribution in [2.24, 2.45) is 11.5 Å². The van der Waals surface area contributed by atoms with Gasteiger partial charge in [-0.1, -0.05) is 24.8 Å². The minimum absolute atomic E-state index is 0.241. The SMILES string of the molecule is C=CC(=O)Nc1cccc(-c2ccc(C(N)=O)c3[nH]c(C)cc23)c1CN. The summed E-state index contributed by atoms with van der Waals surface area (Å²) in [5.74, 6) is -0.794. The van der Waals surface area contributed by atoms with Crippen molar-refractivity contribution in [3.63, 3.8) is 0 Å². The average Bonchev–Trinajstić information content (AvgIpc) is 3.01. The lowest BCUT2D eigenvalue weighted by molar-refractivity contribution is -0.111. The fourth-order valence-corrected chi connectivity index (χ4v) is 3.15. The molecule has 0 aliphatic rings. The smallest absolute Gasteiger partial charge is 0.250 e. The van der Waals surface area contributed by atoms with Gasteiger partial charge < -0.3 is 21.8 Å². The minimum atomic E-state index is -0.491. The lowest BCUT2D eigenvalue weighted by Gasteiger charge is -2.15. The fraction of sp³-hybridized carbons (Fsp3) is 0.100. The summed E-state index contributed by atoms with van der Waals surface area (Å²) in [6.07, 6.45) is 1.21. The Bertz CT molecular complexity index is 1030. The number of hydrogen-bond donors (Lipinski definition) is 4. The molecule has 1 aromatic heterocycles. The van der Waals surface area contributed by atoms with Gasteiger partial charge in [0.25, 0.3) is 5.91 Å². The number of nitrogens with two attached hydrogens (primary N) is 2. The summed E-state index contributed by atoms with van der Waals surface area (Å²) in [5.41, 5.74) is 16.7. The maximum absolute atomic E-state index is 11.7. The van der Waals surface area contributed by atoms with E-state index in [-0.39, 0.29) is 12.5 Å². The number of primary amides is 1. The molecule has 0 fully saturated rings. The molecule has 2 aromatic carbocycles. The van der Waals surface area contributed by atoms with Gasteiger partial charge in [-0.05, 0) is 47.9 Å². The Balaban J connectivity index is 2.26. The quantitative estimate of drug-likeness (QED) is 0.532. The van der Waals surface area contributed by atoms with Crippen LogP contribution in [-0.2, 0) is 11.3 Å². The minimum Gasteiger partial charge on any atom is -0.366 e. The van der Waals surface area contributed by atoms with E-state index in [1.165, 1.54) is 6.08 Å². The molecular formula is C20H20N4O2. The number of hydrogen-bond acceptors (Lipinski definition) is 3. The van der Waals surface area contributed by atoms with Crippen molar-refractivity contribution in [2.75, 3.05) is 5.32 Å². The number of aryl methyl sites for hydroxylation is 1. The lowest BCUT2D eigenvalue weighted by Crippen LogP contribution is -2.13. The molecule has 6 nitrogen and oxygen atoms in total. The Labute approximate surface area is 150 Å². The van der Waals surface area contributed by atoms with Crippen LogP contribution in [0.25, 0.3) is 22.0 Å². The summed E-state index contributed by atoms with van der Waals surface area (Å²) in [5, 5.41) is 3.66. The highest BCUT2D eigenvalue weighted by Crippen LogP contribution is 2.35. The highest BCUT2D eigenvalue weighted by Gasteiger charge is 2.17. The molecule has 0 aliphatic carbocycles. The number of fused-ring (bicyclic) bond motifs is 1. The molecule has 0 unspecified atom stereocenters. The molecule has 132 valence electrons. The molecule has 0 aliphatic heterocycles. The van der Waals surface area contributed by atoms with E-state index in [4.69, 9.17) is 11.5 Å². The molecule has 2 amide bonds. The Morgan fingerprint density at radius 2 is 2.00 bits per heavy atom. The van der Waals surface area contributed by atoms with Crippen molar-refractivity contribution in [1.82, 2.24) is 4.98 Å². The average molecular weight is 348 g/mol. The molecule has 6 N–H and O–H groups in total. The van der Waals surface area contributed by atoms with E-state index < -0.39 is 5.91 Å². The second-order valence-corrected chi connectivity index (χ2v) is 6.00. The lowest BCUT2D eigenvalue weighted by atomic mass is 9.94. The van der Waals surface area contributed by atoms with E-state index in [1.54, 1.807) is 12.1 Å². The predicted octanol–water partition coefficient (Wildman–Crippen LogP) is 2.83. The Kier molecular flexibility index (Phi) is 4.60. The van der Waals surface area contributed by atoms with Gasteiger partial charge in [-0.15, -0.1) is 0 Å². The maximum atomic E-state index is 11.7. The molecule has 0 saturated heterocycles. The standard InChI is InChI=1S/C20H20N4O2/c1-3-18(25)24-17-6-4-5-12(16(17)10-21)13-7-8-14(20(22)26)19-15(13)9-11(2)23-19/h3-9,23H,1,10,21H2,2H3,(H2,22,26)(H,24,25). The van der Waals surface area contributed by atoms with Crippen molar-refractivity contribution in [3.05, 3.63) is 65.9 Å². The van der Waals surface area contributed by atoms with Crippen LogP contribution in [0.4, 0.5) is 5.69 Å². The Morgan fingerprint density at radius 1 is 1.23 bits per heavy atom. The zero-order valence-corrected chi connectivity index (χ0v) is 14.4. The molecule has 1 heterocycles. The summed E-state index contributed by atoms with van der Waals surface area (Å²) < 4.78 is 0. The van der Waals surface area contributed by atoms with Crippen molar-refractivity contribution >= 4 is 28.4 Å². The van der Waals surface area contributed by atoms with Crippen LogP contribution >= 0.6 is 0 Å². The number of anilines is 1. The normalized spacial score (nSPS) is 10.7. The second kappa shape index (κ2) is 6.85. The van der Waals surface area contributed by atoms with Gasteiger partial charge in [0.05, 0.1) is 11.1 Å². The molecule has 0 saturated carbocycles. The third-order valence-corrected chi connectivity index (χ3v) is 4.31. The first-order valence-electron chi connectivity index (χ1n) is 8.14. The number of nitrogens with one attached hydrogen (secondary N) is 2. The van der Waals surface area contributed by atoms with Crippen LogP contribution in [0.15, 0.2) is 49.1 Å². The first kappa shape index (κ1) is 17.4. The van der Waals surface area contributed by atoms with E-state index in [9.17, 15) is 9.59 Å². The third kappa shape index (κ3) is 2.98. The van der Waals surface area contributed by atoms with Gasteiger partial charge in [0.15, 0.2) is 0 Å². The van der Waals surface area contributed by atoms with Crippen LogP contribution in [0.5, 0.6) is 0 Å². The van der Waals surface area contributed by atoms with Crippen LogP contribution in [0, 0.1) is 6.92 Å². The summed E-state index contributed by atoms with van der Waals surface area (Å²) in [6, 6.07) is 11.1. The molecule has 0 radical (unpaired) electrons. The monoisotopic (exact) mass is 348 g/mol. The predicted molar refractivity (Wildman–Crippen MR) is 104 cm³/mol. The van der Waals surface area contributed by atoms with Crippen LogP contribution in [-0.4, -0.2) is 16.8 Å². The summed E-state index contributed by atoms with van der Waals surface area (Å²) in [6.45, 7) is 5.63. The summed E-state index contributed by atoms with van der Waals surface area (Å²) >= 11 is 0. The number of aromatic amines is 1. The van der Waals surface area contributed by atoms with Crippen molar-refractivity contribution in [2.45, 2.75) is 13.5 Å². The molecular weight excluding hydrogens is 328 g/mol. The molecule has 6 heteroatoms. The molecule has 3 aromatic rings. The van der Waals surface area contributed by atoms with Gasteiger partial charge >= 0.3 is 0 Å². The van der Waals surface area contributed by atoms with Gasteiger partial charge in [0, 0.05) is 23.3 Å². The first-order valence-corrected chi connectivity index (χ1v) is 8.14. The highest BCUT2D eigenvalue weighted by molar-refractivity contribution is 6.10. The number of benzene rings is 2. The first-order chi connectivity index (χ1) is 12.5. The zero-order chi connectivity index (χ0) is 18.8. The fourth-order valence-electron chi connectivity index (χ4n) is 3.15. The number of carbonyl (C=O) groups is 2. The molecule has 0 spiro atoms. The largest absolute Gasteiger partial charge is 0.366 e. The molecule has 3 rings (SSSR count). The third-order valence-electron chi connectivity index (χ3n) is 4.31. The van der Waals surface area contributed by atoms with Crippen LogP contribution in [0.2, 0.25) is 0 Å². The van der Waals surface area contributed by atoms with Gasteiger partial charge in [0.2, 0.25) is 5.91 Å². The zero-order valence-electron chi connectivity index (χ0n) is 14.4. The van der Waals surface area contributed by atoms with Crippen LogP contribution < -0.4 is 16.8 Å². The number of H-pyrrole nitrogens is 1. The van der Waals surface area contributed by atoms with E-state index in [0.29, 0.717) is 16.8 Å². The Morgan fingerprint density at radius 3 is 2.65 bits per heavy atom. The van der Waals surface area contributed by atoms with E-state index in [2.05, 4.69) is 16.9 Å². The van der Waals surface area contributed by atoms with Gasteiger partial charge in [-0.2, -0.15) is 0 Å². The van der Waals surface area contributed by atoms with Crippen molar-refractivity contribution < 1.29 is 9.59 Å². The Hall–Kier alpha value is -3.38. The highest BCUT2D eigenvalue weighted by atomic mass is 16.1. The van der Waals surface area contributed by atoms with Gasteiger partial charge in [-0.25, -0.2) is 0 Å². The molecule has 0 atom stereocenters. The number of aromatic nitrogens is 1. The van der Waals surface area contributed by atoms with E-state index >= 15 is 0 Å². The molecule has 0 bridgehead atoms. The van der Waals surface area contributed by atoms with Crippen molar-refractivity contribution in [1.29, 1.82) is 0 Å². The summed E-state index contributed by atoms with van der Waals surface area (Å²) in [7, 11) is 0. The molecule has 26 heavy (non-hydrogen) atoms. The van der Waals surface area contributed by atoms with E-state index in [1.807, 2.05) is 31.2 Å². The number of rotatable bonds is 5. The topological polar surface area (TPSA) is 114 Å². The van der Waals surface area contributed by atoms with Gasteiger partial charge in [0.1, 0.15) is 0 Å². The number of amides is 2. The number of carbonyl (C=O) groups excluding carboxylic acids is 2. The summed E-state index contributed by atoms with van der Waals surface area (Å²) in [4.78, 5) is 26.6. The van der Waals surface area contributed by atoms with E-state index in [0.717, 1.165) is 27.8 Å². The van der Waals surface area contributed by atoms with Gasteiger partial charge in [-0.3, -0.25) is 9.59 Å². The maximum Gasteiger partial charge on any atom is 0.250 e. The van der Waals surface area contributed by atoms with Crippen LogP contribution in [0.3, 0.4) is 0 Å². The van der Waals surface area contributed by atoms with Crippen molar-refractivity contribution in [3.8, 4) is 11.1 Å². The van der Waals surface area contributed by atoms with Crippen LogP contribution in [0.1, 0.15) is 21.6 Å². The second-order valence-electron chi connectivity index (χ2n) is 6.00.